The zero-order chi connectivity index (χ0) is 20.9. The van der Waals surface area contributed by atoms with Crippen molar-refractivity contribution < 1.29 is 22.7 Å². The number of sulfone groups is 1. The van der Waals surface area contributed by atoms with Crippen molar-refractivity contribution in [2.75, 3.05) is 6.26 Å². The number of hydrogen-bond acceptors (Lipinski definition) is 7. The van der Waals surface area contributed by atoms with Gasteiger partial charge in [0.15, 0.2) is 15.4 Å². The highest BCUT2D eigenvalue weighted by atomic mass is 32.2. The van der Waals surface area contributed by atoms with Crippen LogP contribution in [0.15, 0.2) is 47.8 Å². The van der Waals surface area contributed by atoms with Crippen molar-refractivity contribution in [3.63, 3.8) is 0 Å². The van der Waals surface area contributed by atoms with Gasteiger partial charge in [0.1, 0.15) is 6.23 Å². The Morgan fingerprint density at radius 2 is 1.97 bits per heavy atom. The van der Waals surface area contributed by atoms with Crippen LogP contribution >= 0.6 is 0 Å². The Kier molecular flexibility index (Phi) is 4.64. The Morgan fingerprint density at radius 3 is 2.63 bits per heavy atom. The molecule has 1 aliphatic carbocycles. The van der Waals surface area contributed by atoms with E-state index in [9.17, 15) is 13.2 Å². The lowest BCUT2D eigenvalue weighted by molar-refractivity contribution is -0.177. The molecule has 8 nitrogen and oxygen atoms in total. The zero-order valence-electron chi connectivity index (χ0n) is 16.6. The van der Waals surface area contributed by atoms with E-state index in [0.717, 1.165) is 24.1 Å². The normalized spacial score (nSPS) is 30.5. The minimum atomic E-state index is -3.21. The zero-order valence-corrected chi connectivity index (χ0v) is 17.4. The predicted molar refractivity (Wildman–Crippen MR) is 106 cm³/mol. The Bertz CT molecular complexity index is 1050. The van der Waals surface area contributed by atoms with E-state index in [1.165, 1.54) is 6.26 Å². The lowest BCUT2D eigenvalue weighted by atomic mass is 9.76. The molecule has 1 aromatic heterocycles. The molecule has 0 radical (unpaired) electrons. The first-order chi connectivity index (χ1) is 14.4. The number of rotatable bonds is 5. The number of ether oxygens (including phenoxy) is 2. The summed E-state index contributed by atoms with van der Waals surface area (Å²) in [6.07, 6.45) is 8.62. The van der Waals surface area contributed by atoms with Crippen LogP contribution in [0.3, 0.4) is 0 Å². The molecule has 2 aliphatic heterocycles. The fourth-order valence-electron chi connectivity index (χ4n) is 4.60. The van der Waals surface area contributed by atoms with Crippen LogP contribution in [-0.4, -0.2) is 53.4 Å². The molecule has 3 heterocycles. The number of fused-ring (bicyclic) bond motifs is 1. The van der Waals surface area contributed by atoms with Gasteiger partial charge in [0, 0.05) is 31.5 Å². The van der Waals surface area contributed by atoms with Crippen LogP contribution in [0.2, 0.25) is 0 Å². The van der Waals surface area contributed by atoms with E-state index in [-0.39, 0.29) is 29.2 Å². The van der Waals surface area contributed by atoms with Crippen LogP contribution in [0.5, 0.6) is 0 Å². The van der Waals surface area contributed by atoms with E-state index in [4.69, 9.17) is 9.47 Å². The molecule has 30 heavy (non-hydrogen) atoms. The van der Waals surface area contributed by atoms with Gasteiger partial charge in [-0.25, -0.2) is 8.42 Å². The average Bonchev–Trinajstić information content (AvgIpc) is 3.24. The molecule has 1 aromatic carbocycles. The lowest BCUT2D eigenvalue weighted by Gasteiger charge is -2.42. The molecule has 9 heteroatoms. The predicted octanol–water partition coefficient (Wildman–Crippen LogP) is 2.02. The summed E-state index contributed by atoms with van der Waals surface area (Å²) in [7, 11) is -3.21. The summed E-state index contributed by atoms with van der Waals surface area (Å²) in [5, 5.41) is 0. The van der Waals surface area contributed by atoms with Crippen molar-refractivity contribution in [3.05, 3.63) is 54.1 Å². The second-order valence-electron chi connectivity index (χ2n) is 8.26. The summed E-state index contributed by atoms with van der Waals surface area (Å²) in [5.74, 6) is 0.0259. The second kappa shape index (κ2) is 7.11. The molecule has 2 aromatic rings. The molecule has 3 aliphatic rings. The third kappa shape index (κ3) is 3.30. The molecule has 2 saturated heterocycles. The summed E-state index contributed by atoms with van der Waals surface area (Å²) < 4.78 is 35.2. The van der Waals surface area contributed by atoms with Gasteiger partial charge >= 0.3 is 0 Å². The van der Waals surface area contributed by atoms with E-state index >= 15 is 0 Å². The van der Waals surface area contributed by atoms with Crippen LogP contribution in [0.4, 0.5) is 0 Å². The van der Waals surface area contributed by atoms with Gasteiger partial charge in [-0.2, -0.15) is 0 Å². The number of carbonyl (C=O) groups is 1. The van der Waals surface area contributed by atoms with Crippen molar-refractivity contribution in [2.45, 2.75) is 61.2 Å². The van der Waals surface area contributed by atoms with Crippen molar-refractivity contribution >= 4 is 15.7 Å². The van der Waals surface area contributed by atoms with Crippen molar-refractivity contribution in [1.82, 2.24) is 14.9 Å². The molecular weight excluding hydrogens is 406 g/mol. The van der Waals surface area contributed by atoms with Crippen molar-refractivity contribution in [2.24, 2.45) is 0 Å². The standard InChI is InChI=1S/C21H23N3O5S/c1-30(26,27)16-4-2-14(3-5-16)13-28-15-10-21(11-15)20(25)24-18(6-7-19(24)29-21)17-12-22-8-9-23-17/h2-5,8-9,12,15,18-19H,6-7,10-11,13H2,1H3/t15?,18-,19?,21?/m0/s1. The first-order valence-corrected chi connectivity index (χ1v) is 11.9. The van der Waals surface area contributed by atoms with Gasteiger partial charge in [-0.1, -0.05) is 12.1 Å². The highest BCUT2D eigenvalue weighted by Crippen LogP contribution is 2.51. The Labute approximate surface area is 175 Å². The molecule has 1 unspecified atom stereocenters. The average molecular weight is 429 g/mol. The van der Waals surface area contributed by atoms with E-state index in [1.807, 2.05) is 4.90 Å². The third-order valence-electron chi connectivity index (χ3n) is 6.20. The van der Waals surface area contributed by atoms with Crippen LogP contribution < -0.4 is 0 Å². The number of amides is 1. The molecule has 0 N–H and O–H groups in total. The monoisotopic (exact) mass is 429 g/mol. The van der Waals surface area contributed by atoms with E-state index in [0.29, 0.717) is 19.4 Å². The first-order valence-electron chi connectivity index (χ1n) is 10.0. The van der Waals surface area contributed by atoms with Crippen LogP contribution in [0.1, 0.15) is 43.0 Å². The van der Waals surface area contributed by atoms with Crippen molar-refractivity contribution in [3.8, 4) is 0 Å². The maximum Gasteiger partial charge on any atom is 0.257 e. The Morgan fingerprint density at radius 1 is 1.20 bits per heavy atom. The smallest absolute Gasteiger partial charge is 0.257 e. The SMILES string of the molecule is CS(=O)(=O)c1ccc(COC2CC3(C2)OC2CC[C@@H](c4cnccn4)N2C3=O)cc1. The quantitative estimate of drug-likeness (QED) is 0.717. The van der Waals surface area contributed by atoms with Crippen LogP contribution in [-0.2, 0) is 30.7 Å². The largest absolute Gasteiger partial charge is 0.373 e. The van der Waals surface area contributed by atoms with E-state index in [1.54, 1.807) is 42.9 Å². The van der Waals surface area contributed by atoms with E-state index in [2.05, 4.69) is 9.97 Å². The molecule has 158 valence electrons. The molecule has 2 atom stereocenters. The van der Waals surface area contributed by atoms with Crippen LogP contribution in [0, 0.1) is 0 Å². The molecule has 0 bridgehead atoms. The number of aromatic nitrogens is 2. The molecular formula is C21H23N3O5S. The van der Waals surface area contributed by atoms with Gasteiger partial charge in [0.25, 0.3) is 5.91 Å². The summed E-state index contributed by atoms with van der Waals surface area (Å²) in [5.41, 5.74) is 0.917. The van der Waals surface area contributed by atoms with E-state index < -0.39 is 15.4 Å². The summed E-state index contributed by atoms with van der Waals surface area (Å²) in [6, 6.07) is 6.60. The van der Waals surface area contributed by atoms with Gasteiger partial charge in [0.2, 0.25) is 0 Å². The van der Waals surface area contributed by atoms with Gasteiger partial charge in [-0.3, -0.25) is 14.8 Å². The first kappa shape index (κ1) is 19.6. The maximum atomic E-state index is 13.2. The minimum Gasteiger partial charge on any atom is -0.373 e. The summed E-state index contributed by atoms with van der Waals surface area (Å²) in [6.45, 7) is 0.369. The fourth-order valence-corrected chi connectivity index (χ4v) is 5.23. The topological polar surface area (TPSA) is 98.7 Å². The van der Waals surface area contributed by atoms with Crippen molar-refractivity contribution in [1.29, 1.82) is 0 Å². The Hall–Kier alpha value is -2.36. The molecule has 5 rings (SSSR count). The molecule has 1 spiro atoms. The molecule has 1 saturated carbocycles. The molecule has 1 amide bonds. The molecule has 3 fully saturated rings. The van der Waals surface area contributed by atoms with Crippen LogP contribution in [0.25, 0.3) is 0 Å². The third-order valence-corrected chi connectivity index (χ3v) is 7.32. The number of benzene rings is 1. The maximum absolute atomic E-state index is 13.2. The summed E-state index contributed by atoms with van der Waals surface area (Å²) in [4.78, 5) is 23.8. The lowest BCUT2D eigenvalue weighted by Crippen LogP contribution is -2.54. The second-order valence-corrected chi connectivity index (χ2v) is 10.3. The van der Waals surface area contributed by atoms with Gasteiger partial charge in [0.05, 0.1) is 35.5 Å². The van der Waals surface area contributed by atoms with Gasteiger partial charge in [-0.15, -0.1) is 0 Å². The minimum absolute atomic E-state index is 0.0259. The highest BCUT2D eigenvalue weighted by Gasteiger charge is 2.63. The fraction of sp³-hybridized carbons (Fsp3) is 0.476. The van der Waals surface area contributed by atoms with Gasteiger partial charge < -0.3 is 14.4 Å². The Balaban J connectivity index is 1.19. The highest BCUT2D eigenvalue weighted by molar-refractivity contribution is 7.90. The number of nitrogens with zero attached hydrogens (tertiary/aromatic N) is 3. The van der Waals surface area contributed by atoms with Gasteiger partial charge in [-0.05, 0) is 30.5 Å². The number of hydrogen-bond donors (Lipinski definition) is 0. The number of carbonyl (C=O) groups excluding carboxylic acids is 1. The summed E-state index contributed by atoms with van der Waals surface area (Å²) >= 11 is 0.